The lowest BCUT2D eigenvalue weighted by Gasteiger charge is -1.98. The molecule has 56 valence electrons. The zero-order chi connectivity index (χ0) is 7.40. The molecule has 0 amide bonds. The van der Waals surface area contributed by atoms with Gasteiger partial charge >= 0.3 is 0 Å². The molecule has 10 heavy (non-hydrogen) atoms. The average molecular weight is 155 g/mol. The van der Waals surface area contributed by atoms with E-state index in [9.17, 15) is 0 Å². The first-order chi connectivity index (χ1) is 4.84. The van der Waals surface area contributed by atoms with Crippen LogP contribution in [0.3, 0.4) is 0 Å². The standard InChI is InChI=1S/C8H13NS/c1-3-9-6-8-7(2)4-5-10-8/h4-5,9H,3,6H2,1-2H3. The third kappa shape index (κ3) is 1.82. The van der Waals surface area contributed by atoms with Gasteiger partial charge in [-0.3, -0.25) is 0 Å². The molecule has 0 aliphatic heterocycles. The second kappa shape index (κ2) is 3.74. The molecular weight excluding hydrogens is 142 g/mol. The predicted octanol–water partition coefficient (Wildman–Crippen LogP) is 2.17. The highest BCUT2D eigenvalue weighted by Crippen LogP contribution is 2.14. The molecule has 2 heteroatoms. The molecule has 0 aliphatic rings. The van der Waals surface area contributed by atoms with Gasteiger partial charge in [-0.15, -0.1) is 11.3 Å². The highest BCUT2D eigenvalue weighted by molar-refractivity contribution is 7.10. The lowest BCUT2D eigenvalue weighted by Crippen LogP contribution is -2.11. The topological polar surface area (TPSA) is 12.0 Å². The smallest absolute Gasteiger partial charge is 0.0302 e. The van der Waals surface area contributed by atoms with E-state index >= 15 is 0 Å². The fourth-order valence-corrected chi connectivity index (χ4v) is 1.70. The van der Waals surface area contributed by atoms with Gasteiger partial charge in [0.05, 0.1) is 0 Å². The highest BCUT2D eigenvalue weighted by Gasteiger charge is 1.96. The minimum atomic E-state index is 1.03. The molecule has 1 aromatic heterocycles. The molecule has 1 heterocycles. The number of hydrogen-bond acceptors (Lipinski definition) is 2. The summed E-state index contributed by atoms with van der Waals surface area (Å²) in [5, 5.41) is 5.44. The van der Waals surface area contributed by atoms with E-state index in [1.54, 1.807) is 0 Å². The van der Waals surface area contributed by atoms with Gasteiger partial charge in [0.15, 0.2) is 0 Å². The number of thiophene rings is 1. The van der Waals surface area contributed by atoms with Crippen molar-refractivity contribution >= 4 is 11.3 Å². The van der Waals surface area contributed by atoms with Gasteiger partial charge in [0.25, 0.3) is 0 Å². The molecule has 1 N–H and O–H groups in total. The first kappa shape index (κ1) is 7.76. The summed E-state index contributed by atoms with van der Waals surface area (Å²) in [4.78, 5) is 1.46. The summed E-state index contributed by atoms with van der Waals surface area (Å²) >= 11 is 1.83. The Labute approximate surface area is 66.1 Å². The van der Waals surface area contributed by atoms with Crippen LogP contribution in [0.1, 0.15) is 17.4 Å². The summed E-state index contributed by atoms with van der Waals surface area (Å²) in [7, 11) is 0. The lowest BCUT2D eigenvalue weighted by atomic mass is 10.3. The Morgan fingerprint density at radius 3 is 2.90 bits per heavy atom. The van der Waals surface area contributed by atoms with Crippen LogP contribution in [-0.4, -0.2) is 6.54 Å². The number of aryl methyl sites for hydroxylation is 1. The lowest BCUT2D eigenvalue weighted by molar-refractivity contribution is 0.733. The van der Waals surface area contributed by atoms with E-state index in [1.807, 2.05) is 11.3 Å². The summed E-state index contributed by atoms with van der Waals surface area (Å²) in [5.41, 5.74) is 1.41. The van der Waals surface area contributed by atoms with Gasteiger partial charge in [0.1, 0.15) is 0 Å². The van der Waals surface area contributed by atoms with Crippen LogP contribution in [0.5, 0.6) is 0 Å². The molecule has 0 unspecified atom stereocenters. The third-order valence-electron chi connectivity index (χ3n) is 1.50. The molecular formula is C8H13NS. The van der Waals surface area contributed by atoms with Crippen molar-refractivity contribution in [1.29, 1.82) is 0 Å². The van der Waals surface area contributed by atoms with E-state index in [4.69, 9.17) is 0 Å². The molecule has 0 atom stereocenters. The van der Waals surface area contributed by atoms with E-state index in [1.165, 1.54) is 10.4 Å². The van der Waals surface area contributed by atoms with Gasteiger partial charge in [-0.1, -0.05) is 6.92 Å². The fourth-order valence-electron chi connectivity index (χ4n) is 0.824. The van der Waals surface area contributed by atoms with E-state index in [2.05, 4.69) is 30.6 Å². The van der Waals surface area contributed by atoms with Crippen LogP contribution >= 0.6 is 11.3 Å². The second-order valence-electron chi connectivity index (χ2n) is 2.31. The van der Waals surface area contributed by atoms with Crippen LogP contribution in [0.2, 0.25) is 0 Å². The van der Waals surface area contributed by atoms with E-state index < -0.39 is 0 Å². The molecule has 1 aromatic rings. The zero-order valence-electron chi connectivity index (χ0n) is 6.48. The Hall–Kier alpha value is -0.340. The molecule has 0 fully saturated rings. The second-order valence-corrected chi connectivity index (χ2v) is 3.31. The molecule has 0 aromatic carbocycles. The van der Waals surface area contributed by atoms with Crippen molar-refractivity contribution in [3.05, 3.63) is 21.9 Å². The molecule has 0 bridgehead atoms. The maximum absolute atomic E-state index is 3.30. The Bertz CT molecular complexity index is 193. The van der Waals surface area contributed by atoms with E-state index in [-0.39, 0.29) is 0 Å². The monoisotopic (exact) mass is 155 g/mol. The van der Waals surface area contributed by atoms with Crippen LogP contribution < -0.4 is 5.32 Å². The third-order valence-corrected chi connectivity index (χ3v) is 2.53. The van der Waals surface area contributed by atoms with Gasteiger partial charge in [0.2, 0.25) is 0 Å². The number of nitrogens with one attached hydrogen (secondary N) is 1. The van der Waals surface area contributed by atoms with Gasteiger partial charge in [0, 0.05) is 11.4 Å². The average Bonchev–Trinajstić information content (AvgIpc) is 2.31. The first-order valence-electron chi connectivity index (χ1n) is 3.58. The van der Waals surface area contributed by atoms with Crippen molar-refractivity contribution in [3.8, 4) is 0 Å². The number of hydrogen-bond donors (Lipinski definition) is 1. The molecule has 0 spiro atoms. The molecule has 1 rings (SSSR count). The SMILES string of the molecule is CCNCc1sccc1C. The van der Waals surface area contributed by atoms with E-state index in [0.29, 0.717) is 0 Å². The van der Waals surface area contributed by atoms with Crippen molar-refractivity contribution < 1.29 is 0 Å². The Balaban J connectivity index is 2.49. The number of rotatable bonds is 3. The van der Waals surface area contributed by atoms with Crippen LogP contribution in [0.15, 0.2) is 11.4 Å². The minimum Gasteiger partial charge on any atom is -0.312 e. The normalized spacial score (nSPS) is 10.2. The summed E-state index contributed by atoms with van der Waals surface area (Å²) in [5.74, 6) is 0. The van der Waals surface area contributed by atoms with Crippen LogP contribution in [-0.2, 0) is 6.54 Å². The Morgan fingerprint density at radius 1 is 1.60 bits per heavy atom. The predicted molar refractivity (Wildman–Crippen MR) is 46.4 cm³/mol. The molecule has 0 saturated carbocycles. The van der Waals surface area contributed by atoms with Gasteiger partial charge in [-0.25, -0.2) is 0 Å². The largest absolute Gasteiger partial charge is 0.312 e. The zero-order valence-corrected chi connectivity index (χ0v) is 7.29. The molecule has 1 nitrogen and oxygen atoms in total. The summed E-state index contributed by atoms with van der Waals surface area (Å²) in [6.07, 6.45) is 0. The first-order valence-corrected chi connectivity index (χ1v) is 4.46. The Morgan fingerprint density at radius 2 is 2.40 bits per heavy atom. The minimum absolute atomic E-state index is 1.03. The molecule has 0 radical (unpaired) electrons. The molecule has 0 aliphatic carbocycles. The summed E-state index contributed by atoms with van der Waals surface area (Å²) in [6.45, 7) is 6.36. The summed E-state index contributed by atoms with van der Waals surface area (Å²) in [6, 6.07) is 2.16. The fraction of sp³-hybridized carbons (Fsp3) is 0.500. The Kier molecular flexibility index (Phi) is 2.90. The maximum Gasteiger partial charge on any atom is 0.0302 e. The van der Waals surface area contributed by atoms with E-state index in [0.717, 1.165) is 13.1 Å². The van der Waals surface area contributed by atoms with Gasteiger partial charge in [-0.05, 0) is 30.5 Å². The van der Waals surface area contributed by atoms with Crippen LogP contribution in [0, 0.1) is 6.92 Å². The van der Waals surface area contributed by atoms with Crippen molar-refractivity contribution in [2.45, 2.75) is 20.4 Å². The quantitative estimate of drug-likeness (QED) is 0.705. The van der Waals surface area contributed by atoms with Crippen molar-refractivity contribution in [2.75, 3.05) is 6.54 Å². The van der Waals surface area contributed by atoms with Crippen LogP contribution in [0.25, 0.3) is 0 Å². The van der Waals surface area contributed by atoms with Crippen LogP contribution in [0.4, 0.5) is 0 Å². The maximum atomic E-state index is 3.30. The summed E-state index contributed by atoms with van der Waals surface area (Å²) < 4.78 is 0. The molecule has 0 saturated heterocycles. The van der Waals surface area contributed by atoms with Gasteiger partial charge < -0.3 is 5.32 Å². The van der Waals surface area contributed by atoms with Crippen molar-refractivity contribution in [3.63, 3.8) is 0 Å². The highest BCUT2D eigenvalue weighted by atomic mass is 32.1. The van der Waals surface area contributed by atoms with Crippen molar-refractivity contribution in [1.82, 2.24) is 5.32 Å². The van der Waals surface area contributed by atoms with Crippen molar-refractivity contribution in [2.24, 2.45) is 0 Å². The van der Waals surface area contributed by atoms with Gasteiger partial charge in [-0.2, -0.15) is 0 Å².